The van der Waals surface area contributed by atoms with Crippen molar-refractivity contribution in [3.8, 4) is 0 Å². The van der Waals surface area contributed by atoms with Gasteiger partial charge in [0.15, 0.2) is 0 Å². The van der Waals surface area contributed by atoms with E-state index in [0.29, 0.717) is 12.4 Å². The first kappa shape index (κ1) is 14.3. The first-order chi connectivity index (χ1) is 9.38. The molecular weight excluding hydrogens is 276 g/mol. The quantitative estimate of drug-likeness (QED) is 0.734. The van der Waals surface area contributed by atoms with Gasteiger partial charge in [0.25, 0.3) is 0 Å². The molecule has 0 aliphatic rings. The van der Waals surface area contributed by atoms with E-state index in [-0.39, 0.29) is 4.90 Å². The zero-order valence-corrected chi connectivity index (χ0v) is 11.8. The van der Waals surface area contributed by atoms with Crippen molar-refractivity contribution in [2.24, 2.45) is 5.14 Å². The van der Waals surface area contributed by atoms with Crippen LogP contribution in [-0.2, 0) is 16.6 Å². The van der Waals surface area contributed by atoms with Crippen molar-refractivity contribution in [1.29, 1.82) is 0 Å². The highest BCUT2D eigenvalue weighted by molar-refractivity contribution is 7.89. The molecule has 2 aromatic rings. The van der Waals surface area contributed by atoms with Crippen LogP contribution < -0.4 is 16.2 Å². The molecule has 0 saturated heterocycles. The van der Waals surface area contributed by atoms with Crippen LogP contribution in [0.1, 0.15) is 11.1 Å². The number of sulfonamides is 1. The zero-order chi connectivity index (χ0) is 14.8. The van der Waals surface area contributed by atoms with Crippen LogP contribution >= 0.6 is 0 Å². The highest BCUT2D eigenvalue weighted by Crippen LogP contribution is 2.17. The maximum absolute atomic E-state index is 11.1. The minimum atomic E-state index is -3.71. The van der Waals surface area contributed by atoms with Crippen molar-refractivity contribution in [2.75, 3.05) is 11.1 Å². The highest BCUT2D eigenvalue weighted by Gasteiger charge is 2.08. The Hall–Kier alpha value is -2.12. The number of pyridine rings is 1. The van der Waals surface area contributed by atoms with E-state index in [0.717, 1.165) is 16.8 Å². The molecule has 0 aliphatic heterocycles. The van der Waals surface area contributed by atoms with E-state index >= 15 is 0 Å². The molecule has 0 unspecified atom stereocenters. The van der Waals surface area contributed by atoms with Gasteiger partial charge in [0, 0.05) is 18.4 Å². The van der Waals surface area contributed by atoms with Crippen LogP contribution in [0, 0.1) is 6.92 Å². The molecule has 7 heteroatoms. The molecule has 0 spiro atoms. The summed E-state index contributed by atoms with van der Waals surface area (Å²) in [6, 6.07) is 8.69. The average Bonchev–Trinajstić information content (AvgIpc) is 2.40. The Balaban J connectivity index is 2.10. The molecule has 0 amide bonds. The summed E-state index contributed by atoms with van der Waals surface area (Å²) in [5.74, 6) is 0.569. The number of nitrogens with two attached hydrogens (primary N) is 2. The van der Waals surface area contributed by atoms with Crippen LogP contribution in [0.5, 0.6) is 0 Å². The van der Waals surface area contributed by atoms with E-state index in [4.69, 9.17) is 10.9 Å². The number of hydrogen-bond acceptors (Lipinski definition) is 5. The zero-order valence-electron chi connectivity index (χ0n) is 11.0. The van der Waals surface area contributed by atoms with E-state index in [1.807, 2.05) is 25.1 Å². The molecule has 20 heavy (non-hydrogen) atoms. The fraction of sp³-hybridized carbons (Fsp3) is 0.154. The monoisotopic (exact) mass is 292 g/mol. The molecule has 1 aromatic carbocycles. The summed E-state index contributed by atoms with van der Waals surface area (Å²) in [6.45, 7) is 2.50. The molecular formula is C13H16N4O2S. The van der Waals surface area contributed by atoms with Crippen molar-refractivity contribution >= 4 is 21.5 Å². The van der Waals surface area contributed by atoms with Crippen molar-refractivity contribution < 1.29 is 8.42 Å². The maximum Gasteiger partial charge on any atom is 0.239 e. The minimum Gasteiger partial charge on any atom is -0.399 e. The smallest absolute Gasteiger partial charge is 0.239 e. The summed E-state index contributed by atoms with van der Waals surface area (Å²) in [5, 5.41) is 8.11. The number of nitrogens with one attached hydrogen (secondary N) is 1. The van der Waals surface area contributed by atoms with Gasteiger partial charge in [0.1, 0.15) is 10.7 Å². The molecule has 0 fully saturated rings. The fourth-order valence-electron chi connectivity index (χ4n) is 1.73. The number of hydrogen-bond donors (Lipinski definition) is 3. The van der Waals surface area contributed by atoms with Crippen LogP contribution in [0.4, 0.5) is 11.5 Å². The normalized spacial score (nSPS) is 11.3. The van der Waals surface area contributed by atoms with Gasteiger partial charge in [-0.15, -0.1) is 0 Å². The Labute approximate surface area is 117 Å². The van der Waals surface area contributed by atoms with E-state index in [1.54, 1.807) is 6.07 Å². The number of anilines is 2. The fourth-order valence-corrected chi connectivity index (χ4v) is 2.19. The molecule has 6 nitrogen and oxygen atoms in total. The molecule has 0 saturated carbocycles. The van der Waals surface area contributed by atoms with Crippen LogP contribution in [0.15, 0.2) is 41.4 Å². The second kappa shape index (κ2) is 5.48. The summed E-state index contributed by atoms with van der Waals surface area (Å²) in [6.07, 6.45) is 1.23. The van der Waals surface area contributed by atoms with E-state index in [1.165, 1.54) is 12.3 Å². The second-order valence-electron chi connectivity index (χ2n) is 4.41. The minimum absolute atomic E-state index is 0.0109. The van der Waals surface area contributed by atoms with Gasteiger partial charge >= 0.3 is 0 Å². The predicted molar refractivity (Wildman–Crippen MR) is 78.5 cm³/mol. The lowest BCUT2D eigenvalue weighted by Gasteiger charge is -2.10. The molecule has 0 atom stereocenters. The lowest BCUT2D eigenvalue weighted by atomic mass is 10.1. The number of rotatable bonds is 4. The first-order valence-corrected chi connectivity index (χ1v) is 7.49. The Bertz CT molecular complexity index is 712. The first-order valence-electron chi connectivity index (χ1n) is 5.94. The molecule has 1 aromatic heterocycles. The van der Waals surface area contributed by atoms with Gasteiger partial charge in [0.2, 0.25) is 10.0 Å². The lowest BCUT2D eigenvalue weighted by molar-refractivity contribution is 0.597. The Kier molecular flexibility index (Phi) is 3.91. The van der Waals surface area contributed by atoms with Gasteiger partial charge in [-0.05, 0) is 36.2 Å². The molecule has 0 bridgehead atoms. The standard InChI is InChI=1S/C13H16N4O2S/c1-9-10(3-2-4-12(9)14)7-16-13-6-5-11(8-17-13)20(15,18)19/h2-6,8H,7,14H2,1H3,(H,16,17)(H2,15,18,19). The van der Waals surface area contributed by atoms with E-state index in [2.05, 4.69) is 10.3 Å². The number of benzene rings is 1. The maximum atomic E-state index is 11.1. The van der Waals surface area contributed by atoms with Crippen LogP contribution in [0.2, 0.25) is 0 Å². The van der Waals surface area contributed by atoms with Crippen molar-refractivity contribution in [1.82, 2.24) is 4.98 Å². The van der Waals surface area contributed by atoms with Crippen LogP contribution in [-0.4, -0.2) is 13.4 Å². The molecule has 0 radical (unpaired) electrons. The largest absolute Gasteiger partial charge is 0.399 e. The SMILES string of the molecule is Cc1c(N)cccc1CNc1ccc(S(N)(=O)=O)cn1. The van der Waals surface area contributed by atoms with Gasteiger partial charge in [-0.1, -0.05) is 12.1 Å². The molecule has 5 N–H and O–H groups in total. The van der Waals surface area contributed by atoms with E-state index < -0.39 is 10.0 Å². The van der Waals surface area contributed by atoms with Crippen LogP contribution in [0.25, 0.3) is 0 Å². The van der Waals surface area contributed by atoms with Crippen molar-refractivity contribution in [3.05, 3.63) is 47.7 Å². The van der Waals surface area contributed by atoms with Gasteiger partial charge in [-0.2, -0.15) is 0 Å². The Morgan fingerprint density at radius 2 is 2.00 bits per heavy atom. The summed E-state index contributed by atoms with van der Waals surface area (Å²) >= 11 is 0. The van der Waals surface area contributed by atoms with Crippen molar-refractivity contribution in [3.63, 3.8) is 0 Å². The number of nitrogen functional groups attached to an aromatic ring is 1. The van der Waals surface area contributed by atoms with Crippen molar-refractivity contribution in [2.45, 2.75) is 18.4 Å². The predicted octanol–water partition coefficient (Wildman–Crippen LogP) is 1.23. The van der Waals surface area contributed by atoms with Gasteiger partial charge < -0.3 is 11.1 Å². The summed E-state index contributed by atoms with van der Waals surface area (Å²) in [4.78, 5) is 4.00. The molecule has 2 rings (SSSR count). The molecule has 0 aliphatic carbocycles. The third-order valence-corrected chi connectivity index (χ3v) is 3.91. The van der Waals surface area contributed by atoms with Gasteiger partial charge in [0.05, 0.1) is 0 Å². The van der Waals surface area contributed by atoms with E-state index in [9.17, 15) is 8.42 Å². The van der Waals surface area contributed by atoms with Gasteiger partial charge in [-0.25, -0.2) is 18.5 Å². The number of aromatic nitrogens is 1. The lowest BCUT2D eigenvalue weighted by Crippen LogP contribution is -2.12. The molecule has 1 heterocycles. The summed E-state index contributed by atoms with van der Waals surface area (Å²) in [5.41, 5.74) is 8.64. The third kappa shape index (κ3) is 3.25. The van der Waals surface area contributed by atoms with Crippen LogP contribution in [0.3, 0.4) is 0 Å². The summed E-state index contributed by atoms with van der Waals surface area (Å²) in [7, 11) is -3.71. The highest BCUT2D eigenvalue weighted by atomic mass is 32.2. The Morgan fingerprint density at radius 3 is 2.60 bits per heavy atom. The Morgan fingerprint density at radius 1 is 1.25 bits per heavy atom. The third-order valence-electron chi connectivity index (χ3n) is 3.01. The number of nitrogens with zero attached hydrogens (tertiary/aromatic N) is 1. The van der Waals surface area contributed by atoms with Gasteiger partial charge in [-0.3, -0.25) is 0 Å². The number of primary sulfonamides is 1. The average molecular weight is 292 g/mol. The topological polar surface area (TPSA) is 111 Å². The summed E-state index contributed by atoms with van der Waals surface area (Å²) < 4.78 is 22.2. The second-order valence-corrected chi connectivity index (χ2v) is 5.97. The molecule has 106 valence electrons.